The van der Waals surface area contributed by atoms with Crippen molar-refractivity contribution in [2.24, 2.45) is 5.41 Å². The predicted octanol–water partition coefficient (Wildman–Crippen LogP) is 1.84. The molecule has 118 valence electrons. The van der Waals surface area contributed by atoms with Crippen molar-refractivity contribution in [3.8, 4) is 0 Å². The van der Waals surface area contributed by atoms with Crippen LogP contribution in [0.2, 0.25) is 0 Å². The minimum absolute atomic E-state index is 0.157. The summed E-state index contributed by atoms with van der Waals surface area (Å²) in [6, 6.07) is 4.02. The first-order valence-corrected chi connectivity index (χ1v) is 9.29. The second kappa shape index (κ2) is 5.41. The largest absolute Gasteiger partial charge is 0.465 e. The lowest BCUT2D eigenvalue weighted by atomic mass is 9.87. The Kier molecular flexibility index (Phi) is 3.88. The van der Waals surface area contributed by atoms with Crippen LogP contribution in [0.1, 0.15) is 31.3 Å². The smallest absolute Gasteiger partial charge is 0.213 e. The van der Waals surface area contributed by atoms with E-state index in [-0.39, 0.29) is 11.2 Å². The van der Waals surface area contributed by atoms with Crippen LogP contribution in [-0.2, 0) is 16.6 Å². The maximum Gasteiger partial charge on any atom is 0.213 e. The summed E-state index contributed by atoms with van der Waals surface area (Å²) in [5.74, 6) is 2.15. The van der Waals surface area contributed by atoms with Gasteiger partial charge in [0.05, 0.1) is 12.3 Å². The SMILES string of the molecule is CCS(=O)(=O)N1CC[C@@]2(CCN(Cc3ccc(C)o3)C2)C1. The van der Waals surface area contributed by atoms with Crippen LogP contribution in [0.3, 0.4) is 0 Å². The molecular weight excluding hydrogens is 288 g/mol. The van der Waals surface area contributed by atoms with Gasteiger partial charge < -0.3 is 4.42 Å². The van der Waals surface area contributed by atoms with Crippen molar-refractivity contribution in [3.05, 3.63) is 23.7 Å². The molecule has 0 saturated carbocycles. The quantitative estimate of drug-likeness (QED) is 0.851. The molecule has 5 nitrogen and oxygen atoms in total. The first kappa shape index (κ1) is 15.1. The number of hydrogen-bond acceptors (Lipinski definition) is 4. The van der Waals surface area contributed by atoms with Crippen LogP contribution in [-0.4, -0.2) is 49.6 Å². The van der Waals surface area contributed by atoms with Crippen molar-refractivity contribution >= 4 is 10.0 Å². The van der Waals surface area contributed by atoms with Gasteiger partial charge in [-0.2, -0.15) is 0 Å². The third kappa shape index (κ3) is 3.03. The average Bonchev–Trinajstić information content (AvgIpc) is 3.14. The van der Waals surface area contributed by atoms with E-state index in [2.05, 4.69) is 4.90 Å². The standard InChI is InChI=1S/C15H24N2O3S/c1-3-21(18,19)17-9-7-15(12-17)6-8-16(11-15)10-14-5-4-13(2)20-14/h4-5H,3,6-12H2,1-2H3/t15-/m1/s1. The minimum Gasteiger partial charge on any atom is -0.465 e. The van der Waals surface area contributed by atoms with Crippen LogP contribution in [0.15, 0.2) is 16.5 Å². The lowest BCUT2D eigenvalue weighted by molar-refractivity contribution is 0.244. The monoisotopic (exact) mass is 312 g/mol. The van der Waals surface area contributed by atoms with Gasteiger partial charge in [0, 0.05) is 19.6 Å². The molecule has 2 fully saturated rings. The molecule has 21 heavy (non-hydrogen) atoms. The van der Waals surface area contributed by atoms with E-state index < -0.39 is 10.0 Å². The van der Waals surface area contributed by atoms with Crippen LogP contribution in [0, 0.1) is 12.3 Å². The van der Waals surface area contributed by atoms with Crippen LogP contribution in [0.4, 0.5) is 0 Å². The van der Waals surface area contributed by atoms with Gasteiger partial charge in [-0.15, -0.1) is 0 Å². The normalized spacial score (nSPS) is 27.9. The predicted molar refractivity (Wildman–Crippen MR) is 81.4 cm³/mol. The molecule has 0 amide bonds. The molecule has 2 saturated heterocycles. The van der Waals surface area contributed by atoms with Crippen molar-refractivity contribution in [3.63, 3.8) is 0 Å². The van der Waals surface area contributed by atoms with E-state index in [4.69, 9.17) is 4.42 Å². The van der Waals surface area contributed by atoms with E-state index in [1.807, 2.05) is 19.1 Å². The van der Waals surface area contributed by atoms with E-state index in [1.54, 1.807) is 11.2 Å². The maximum absolute atomic E-state index is 12.0. The van der Waals surface area contributed by atoms with Crippen molar-refractivity contribution in [1.82, 2.24) is 9.21 Å². The molecule has 1 aromatic heterocycles. The Balaban J connectivity index is 1.62. The van der Waals surface area contributed by atoms with Gasteiger partial charge in [-0.3, -0.25) is 4.90 Å². The summed E-state index contributed by atoms with van der Waals surface area (Å²) < 4.78 is 31.4. The van der Waals surface area contributed by atoms with Gasteiger partial charge in [-0.25, -0.2) is 12.7 Å². The van der Waals surface area contributed by atoms with Crippen molar-refractivity contribution in [2.45, 2.75) is 33.2 Å². The van der Waals surface area contributed by atoms with Crippen LogP contribution < -0.4 is 0 Å². The second-order valence-electron chi connectivity index (χ2n) is 6.46. The van der Waals surface area contributed by atoms with Gasteiger partial charge >= 0.3 is 0 Å². The number of rotatable bonds is 4. The third-order valence-corrected chi connectivity index (χ3v) is 6.68. The van der Waals surface area contributed by atoms with E-state index >= 15 is 0 Å². The first-order valence-electron chi connectivity index (χ1n) is 7.68. The summed E-state index contributed by atoms with van der Waals surface area (Å²) in [6.45, 7) is 7.89. The third-order valence-electron chi connectivity index (χ3n) is 4.85. The summed E-state index contributed by atoms with van der Waals surface area (Å²) >= 11 is 0. The Hall–Kier alpha value is -0.850. The number of aryl methyl sites for hydroxylation is 1. The highest BCUT2D eigenvalue weighted by Gasteiger charge is 2.46. The molecule has 0 aliphatic carbocycles. The van der Waals surface area contributed by atoms with Gasteiger partial charge in [0.1, 0.15) is 11.5 Å². The Morgan fingerprint density at radius 2 is 2.00 bits per heavy atom. The summed E-state index contributed by atoms with van der Waals surface area (Å²) in [4.78, 5) is 2.39. The Morgan fingerprint density at radius 3 is 2.67 bits per heavy atom. The Morgan fingerprint density at radius 1 is 1.24 bits per heavy atom. The molecule has 1 spiro atoms. The summed E-state index contributed by atoms with van der Waals surface area (Å²) in [5.41, 5.74) is 0.157. The average molecular weight is 312 g/mol. The molecule has 0 N–H and O–H groups in total. The fraction of sp³-hybridized carbons (Fsp3) is 0.733. The zero-order valence-corrected chi connectivity index (χ0v) is 13.7. The van der Waals surface area contributed by atoms with Crippen LogP contribution in [0.5, 0.6) is 0 Å². The molecule has 2 aliphatic heterocycles. The fourth-order valence-electron chi connectivity index (χ4n) is 3.60. The molecule has 3 heterocycles. The van der Waals surface area contributed by atoms with E-state index in [1.165, 1.54) is 0 Å². The highest BCUT2D eigenvalue weighted by molar-refractivity contribution is 7.89. The fourth-order valence-corrected chi connectivity index (χ4v) is 4.81. The van der Waals surface area contributed by atoms with Gasteiger partial charge in [-0.1, -0.05) is 0 Å². The van der Waals surface area contributed by atoms with Gasteiger partial charge in [0.15, 0.2) is 0 Å². The highest BCUT2D eigenvalue weighted by atomic mass is 32.2. The van der Waals surface area contributed by atoms with Crippen molar-refractivity contribution < 1.29 is 12.8 Å². The number of hydrogen-bond donors (Lipinski definition) is 0. The zero-order valence-electron chi connectivity index (χ0n) is 12.8. The highest BCUT2D eigenvalue weighted by Crippen LogP contribution is 2.40. The van der Waals surface area contributed by atoms with E-state index in [0.717, 1.165) is 44.0 Å². The number of furan rings is 1. The molecule has 0 bridgehead atoms. The van der Waals surface area contributed by atoms with Crippen LogP contribution in [0.25, 0.3) is 0 Å². The van der Waals surface area contributed by atoms with Crippen molar-refractivity contribution in [2.75, 3.05) is 31.9 Å². The molecule has 1 aromatic rings. The molecular formula is C15H24N2O3S. The summed E-state index contributed by atoms with van der Waals surface area (Å²) in [5, 5.41) is 0. The van der Waals surface area contributed by atoms with E-state index in [9.17, 15) is 8.42 Å². The Labute approximate surface area is 127 Å². The lowest BCUT2D eigenvalue weighted by Gasteiger charge is -2.24. The minimum atomic E-state index is -3.04. The van der Waals surface area contributed by atoms with Gasteiger partial charge in [0.25, 0.3) is 0 Å². The molecule has 3 rings (SSSR count). The molecule has 0 aromatic carbocycles. The summed E-state index contributed by atoms with van der Waals surface area (Å²) in [7, 11) is -3.04. The second-order valence-corrected chi connectivity index (χ2v) is 8.71. The molecule has 1 atom stereocenters. The topological polar surface area (TPSA) is 53.8 Å². The number of nitrogens with zero attached hydrogens (tertiary/aromatic N) is 2. The molecule has 0 radical (unpaired) electrons. The summed E-state index contributed by atoms with van der Waals surface area (Å²) in [6.07, 6.45) is 2.07. The van der Waals surface area contributed by atoms with Gasteiger partial charge in [-0.05, 0) is 50.8 Å². The van der Waals surface area contributed by atoms with E-state index in [0.29, 0.717) is 13.1 Å². The lowest BCUT2D eigenvalue weighted by Crippen LogP contribution is -2.34. The van der Waals surface area contributed by atoms with Crippen molar-refractivity contribution in [1.29, 1.82) is 0 Å². The maximum atomic E-state index is 12.0. The molecule has 0 unspecified atom stereocenters. The zero-order chi connectivity index (χ0) is 15.1. The first-order chi connectivity index (χ1) is 9.92. The number of sulfonamides is 1. The molecule has 2 aliphatic rings. The van der Waals surface area contributed by atoms with Gasteiger partial charge in [0.2, 0.25) is 10.0 Å². The number of likely N-dealkylation sites (tertiary alicyclic amines) is 1. The van der Waals surface area contributed by atoms with Crippen LogP contribution >= 0.6 is 0 Å². The Bertz CT molecular complexity index is 610. The molecule has 6 heteroatoms.